The van der Waals surface area contributed by atoms with Gasteiger partial charge in [-0.1, -0.05) is 23.4 Å². The smallest absolute Gasteiger partial charge is 0.265 e. The Morgan fingerprint density at radius 2 is 2.20 bits per heavy atom. The third kappa shape index (κ3) is 3.58. The largest absolute Gasteiger partial charge is 0.320 e. The van der Waals surface area contributed by atoms with Crippen molar-refractivity contribution in [1.29, 1.82) is 0 Å². The molecule has 0 atom stereocenters. The Bertz CT molecular complexity index is 703. The highest BCUT2D eigenvalue weighted by molar-refractivity contribution is 7.14. The van der Waals surface area contributed by atoms with Crippen molar-refractivity contribution in [2.75, 3.05) is 11.9 Å². The van der Waals surface area contributed by atoms with E-state index in [2.05, 4.69) is 17.2 Å². The number of amides is 1. The maximum absolute atomic E-state index is 13.6. The van der Waals surface area contributed by atoms with E-state index in [1.165, 1.54) is 23.5 Å². The lowest BCUT2D eigenvalue weighted by Gasteiger charge is -2.04. The topological polar surface area (TPSA) is 55.1 Å². The molecule has 0 bridgehead atoms. The average Bonchev–Trinajstić information content (AvgIpc) is 2.88. The highest BCUT2D eigenvalue weighted by Gasteiger charge is 2.11. The minimum Gasteiger partial charge on any atom is -0.320 e. The Labute approximate surface area is 124 Å². The molecule has 0 aliphatic rings. The first-order valence-electron chi connectivity index (χ1n) is 5.65. The number of benzene rings is 1. The third-order valence-corrected chi connectivity index (χ3v) is 3.56. The predicted molar refractivity (Wildman–Crippen MR) is 79.6 cm³/mol. The predicted octanol–water partition coefficient (Wildman–Crippen LogP) is 3.10. The number of anilines is 1. The maximum Gasteiger partial charge on any atom is 0.265 e. The van der Waals surface area contributed by atoms with Crippen LogP contribution in [0.5, 0.6) is 0 Å². The van der Waals surface area contributed by atoms with Gasteiger partial charge in [0.2, 0.25) is 0 Å². The van der Waals surface area contributed by atoms with E-state index in [-0.39, 0.29) is 17.3 Å². The number of rotatable bonds is 2. The van der Waals surface area contributed by atoms with Crippen molar-refractivity contribution in [3.8, 4) is 11.8 Å². The molecule has 0 spiro atoms. The first-order valence-corrected chi connectivity index (χ1v) is 6.85. The number of hydrogen-bond donors (Lipinski definition) is 2. The fraction of sp³-hybridized carbons (Fsp3) is 0.0714. The van der Waals surface area contributed by atoms with Crippen molar-refractivity contribution in [2.24, 2.45) is 5.73 Å². The monoisotopic (exact) mass is 308 g/mol. The number of nitrogens with one attached hydrogen (secondary N) is 1. The maximum atomic E-state index is 13.6. The average molecular weight is 309 g/mol. The third-order valence-electron chi connectivity index (χ3n) is 2.32. The molecule has 0 aliphatic carbocycles. The van der Waals surface area contributed by atoms with Crippen LogP contribution in [0.1, 0.15) is 14.5 Å². The second-order valence-corrected chi connectivity index (χ2v) is 5.27. The van der Waals surface area contributed by atoms with Crippen molar-refractivity contribution in [2.45, 2.75) is 0 Å². The highest BCUT2D eigenvalue weighted by Crippen LogP contribution is 2.21. The summed E-state index contributed by atoms with van der Waals surface area (Å²) in [5.41, 5.74) is 5.36. The van der Waals surface area contributed by atoms with E-state index in [9.17, 15) is 9.18 Å². The molecule has 102 valence electrons. The van der Waals surface area contributed by atoms with Crippen LogP contribution in [-0.4, -0.2) is 12.5 Å². The quantitative estimate of drug-likeness (QED) is 0.838. The van der Waals surface area contributed by atoms with Gasteiger partial charge in [0.15, 0.2) is 0 Å². The second-order valence-electron chi connectivity index (χ2n) is 3.75. The zero-order chi connectivity index (χ0) is 14.5. The molecular formula is C14H10ClFN2OS. The number of hydrogen-bond acceptors (Lipinski definition) is 3. The molecule has 6 heteroatoms. The summed E-state index contributed by atoms with van der Waals surface area (Å²) in [7, 11) is 0. The summed E-state index contributed by atoms with van der Waals surface area (Å²) in [5.74, 6) is 4.57. The van der Waals surface area contributed by atoms with Crippen LogP contribution in [0.4, 0.5) is 10.1 Å². The molecule has 1 aromatic carbocycles. The van der Waals surface area contributed by atoms with Gasteiger partial charge in [-0.3, -0.25) is 4.79 Å². The Balaban J connectivity index is 2.13. The summed E-state index contributed by atoms with van der Waals surface area (Å²) in [4.78, 5) is 13.1. The molecule has 2 rings (SSSR count). The summed E-state index contributed by atoms with van der Waals surface area (Å²) in [6, 6.07) is 7.42. The van der Waals surface area contributed by atoms with Gasteiger partial charge >= 0.3 is 0 Å². The van der Waals surface area contributed by atoms with Gasteiger partial charge < -0.3 is 11.1 Å². The van der Waals surface area contributed by atoms with Crippen LogP contribution in [0, 0.1) is 17.7 Å². The van der Waals surface area contributed by atoms with Gasteiger partial charge in [0.1, 0.15) is 5.82 Å². The van der Waals surface area contributed by atoms with Crippen molar-refractivity contribution < 1.29 is 9.18 Å². The summed E-state index contributed by atoms with van der Waals surface area (Å²) in [6.45, 7) is 0.259. The molecule has 2 aromatic rings. The van der Waals surface area contributed by atoms with Crippen molar-refractivity contribution in [3.63, 3.8) is 0 Å². The van der Waals surface area contributed by atoms with Crippen LogP contribution < -0.4 is 11.1 Å². The lowest BCUT2D eigenvalue weighted by molar-refractivity contribution is 0.103. The molecule has 0 fully saturated rings. The van der Waals surface area contributed by atoms with E-state index < -0.39 is 11.7 Å². The SMILES string of the molecule is NCC#Cc1ccc(C(=O)Nc2ccc(Cl)cc2F)s1. The van der Waals surface area contributed by atoms with E-state index in [4.69, 9.17) is 17.3 Å². The lowest BCUT2D eigenvalue weighted by atomic mass is 10.3. The number of thiophene rings is 1. The van der Waals surface area contributed by atoms with Crippen LogP contribution in [0.2, 0.25) is 5.02 Å². The van der Waals surface area contributed by atoms with Crippen LogP contribution in [0.3, 0.4) is 0 Å². The van der Waals surface area contributed by atoms with Gasteiger partial charge in [-0.15, -0.1) is 11.3 Å². The lowest BCUT2D eigenvalue weighted by Crippen LogP contribution is -2.11. The standard InChI is InChI=1S/C14H10ClFN2OS/c15-9-3-5-12(11(16)8-9)18-14(19)13-6-4-10(20-13)2-1-7-17/h3-6,8H,7,17H2,(H,18,19). The molecule has 0 saturated heterocycles. The number of carbonyl (C=O) groups is 1. The fourth-order valence-corrected chi connectivity index (χ4v) is 2.37. The summed E-state index contributed by atoms with van der Waals surface area (Å²) >= 11 is 6.87. The van der Waals surface area contributed by atoms with Crippen LogP contribution >= 0.6 is 22.9 Å². The molecule has 0 unspecified atom stereocenters. The zero-order valence-electron chi connectivity index (χ0n) is 10.2. The Morgan fingerprint density at radius 3 is 2.90 bits per heavy atom. The van der Waals surface area contributed by atoms with E-state index in [1.54, 1.807) is 12.1 Å². The van der Waals surface area contributed by atoms with Crippen molar-refractivity contribution >= 4 is 34.5 Å². The van der Waals surface area contributed by atoms with Gasteiger partial charge in [0, 0.05) is 5.02 Å². The van der Waals surface area contributed by atoms with E-state index in [1.807, 2.05) is 0 Å². The molecule has 0 aliphatic heterocycles. The van der Waals surface area contributed by atoms with Crippen molar-refractivity contribution in [1.82, 2.24) is 0 Å². The summed E-state index contributed by atoms with van der Waals surface area (Å²) in [6.07, 6.45) is 0. The van der Waals surface area contributed by atoms with Gasteiger partial charge in [-0.05, 0) is 30.3 Å². The molecule has 3 N–H and O–H groups in total. The van der Waals surface area contributed by atoms with Crippen LogP contribution in [0.15, 0.2) is 30.3 Å². The van der Waals surface area contributed by atoms with E-state index in [0.29, 0.717) is 4.88 Å². The normalized spacial score (nSPS) is 9.75. The Kier molecular flexibility index (Phi) is 4.74. The Morgan fingerprint density at radius 1 is 1.40 bits per heavy atom. The number of halogens is 2. The highest BCUT2D eigenvalue weighted by atomic mass is 35.5. The number of carbonyl (C=O) groups excluding carboxylic acids is 1. The summed E-state index contributed by atoms with van der Waals surface area (Å²) < 4.78 is 13.6. The van der Waals surface area contributed by atoms with E-state index in [0.717, 1.165) is 10.9 Å². The zero-order valence-corrected chi connectivity index (χ0v) is 11.8. The number of nitrogens with two attached hydrogens (primary N) is 1. The summed E-state index contributed by atoms with van der Waals surface area (Å²) in [5, 5.41) is 2.76. The first kappa shape index (κ1) is 14.5. The Hall–Kier alpha value is -1.87. The van der Waals surface area contributed by atoms with Crippen LogP contribution in [-0.2, 0) is 0 Å². The molecule has 1 amide bonds. The first-order chi connectivity index (χ1) is 9.60. The molecule has 3 nitrogen and oxygen atoms in total. The molecule has 20 heavy (non-hydrogen) atoms. The molecule has 1 heterocycles. The van der Waals surface area contributed by atoms with Gasteiger partial charge in [-0.25, -0.2) is 4.39 Å². The van der Waals surface area contributed by atoms with Gasteiger partial charge in [0.25, 0.3) is 5.91 Å². The van der Waals surface area contributed by atoms with Crippen LogP contribution in [0.25, 0.3) is 0 Å². The molecule has 0 radical (unpaired) electrons. The van der Waals surface area contributed by atoms with E-state index >= 15 is 0 Å². The molecule has 0 saturated carbocycles. The molecular weight excluding hydrogens is 299 g/mol. The minimum atomic E-state index is -0.578. The van der Waals surface area contributed by atoms with Crippen molar-refractivity contribution in [3.05, 3.63) is 50.9 Å². The van der Waals surface area contributed by atoms with Gasteiger partial charge in [0.05, 0.1) is 22.0 Å². The fourth-order valence-electron chi connectivity index (χ4n) is 1.44. The second kappa shape index (κ2) is 6.53. The van der Waals surface area contributed by atoms with Gasteiger partial charge in [-0.2, -0.15) is 0 Å². The minimum absolute atomic E-state index is 0.0855. The molecule has 1 aromatic heterocycles.